The van der Waals surface area contributed by atoms with E-state index >= 15 is 0 Å². The van der Waals surface area contributed by atoms with Crippen LogP contribution >= 0.6 is 15.9 Å². The van der Waals surface area contributed by atoms with Gasteiger partial charge in [0.15, 0.2) is 0 Å². The van der Waals surface area contributed by atoms with Gasteiger partial charge in [0, 0.05) is 16.1 Å². The first-order valence-electron chi connectivity index (χ1n) is 6.96. The highest BCUT2D eigenvalue weighted by Gasteiger charge is 2.17. The molecular formula is C17H19BrFNO. The molecule has 21 heavy (non-hydrogen) atoms. The summed E-state index contributed by atoms with van der Waals surface area (Å²) in [5, 5.41) is 3.41. The van der Waals surface area contributed by atoms with Gasteiger partial charge in [-0.1, -0.05) is 41.1 Å². The molecule has 2 aromatic rings. The van der Waals surface area contributed by atoms with E-state index in [0.29, 0.717) is 12.0 Å². The average Bonchev–Trinajstić information content (AvgIpc) is 2.50. The average molecular weight is 352 g/mol. The summed E-state index contributed by atoms with van der Waals surface area (Å²) in [5.74, 6) is 0.634. The van der Waals surface area contributed by atoms with Gasteiger partial charge in [-0.2, -0.15) is 0 Å². The van der Waals surface area contributed by atoms with Crippen molar-refractivity contribution >= 4 is 15.9 Å². The number of rotatable bonds is 6. The Labute approximate surface area is 133 Å². The lowest BCUT2D eigenvalue weighted by molar-refractivity contribution is 0.398. The van der Waals surface area contributed by atoms with E-state index in [2.05, 4.69) is 21.2 Å². The van der Waals surface area contributed by atoms with Crippen LogP contribution in [0.2, 0.25) is 0 Å². The van der Waals surface area contributed by atoms with Gasteiger partial charge in [-0.3, -0.25) is 0 Å². The Morgan fingerprint density at radius 2 is 2.00 bits per heavy atom. The van der Waals surface area contributed by atoms with Crippen LogP contribution in [-0.4, -0.2) is 13.7 Å². The summed E-state index contributed by atoms with van der Waals surface area (Å²) in [6, 6.07) is 12.9. The largest absolute Gasteiger partial charge is 0.496 e. The molecule has 2 aromatic carbocycles. The van der Waals surface area contributed by atoms with Gasteiger partial charge in [-0.05, 0) is 42.8 Å². The minimum absolute atomic E-state index is 0.00921. The van der Waals surface area contributed by atoms with Crippen LogP contribution in [0.1, 0.15) is 24.1 Å². The lowest BCUT2D eigenvalue weighted by atomic mass is 9.97. The van der Waals surface area contributed by atoms with Crippen molar-refractivity contribution in [2.24, 2.45) is 0 Å². The van der Waals surface area contributed by atoms with Crippen LogP contribution in [0.15, 0.2) is 46.9 Å². The molecule has 0 fully saturated rings. The molecule has 4 heteroatoms. The highest BCUT2D eigenvalue weighted by Crippen LogP contribution is 2.29. The Kier molecular flexibility index (Phi) is 5.76. The summed E-state index contributed by atoms with van der Waals surface area (Å²) < 4.78 is 20.3. The number of para-hydroxylation sites is 1. The van der Waals surface area contributed by atoms with E-state index in [0.717, 1.165) is 22.3 Å². The second-order valence-electron chi connectivity index (χ2n) is 4.79. The summed E-state index contributed by atoms with van der Waals surface area (Å²) in [5.41, 5.74) is 1.72. The minimum atomic E-state index is -0.184. The molecule has 112 valence electrons. The molecule has 2 nitrogen and oxygen atoms in total. The van der Waals surface area contributed by atoms with E-state index < -0.39 is 0 Å². The van der Waals surface area contributed by atoms with Crippen LogP contribution in [-0.2, 0) is 6.42 Å². The first-order chi connectivity index (χ1) is 10.2. The maximum absolute atomic E-state index is 14.0. The summed E-state index contributed by atoms with van der Waals surface area (Å²) >= 11 is 3.40. The summed E-state index contributed by atoms with van der Waals surface area (Å²) in [4.78, 5) is 0. The third-order valence-electron chi connectivity index (χ3n) is 3.40. The standard InChI is InChI=1S/C17H19BrFNO/c1-3-20-16(14-6-4-5-7-17(14)21-2)11-12-10-13(18)8-9-15(12)19/h4-10,16,20H,3,11H2,1-2H3. The molecular weight excluding hydrogens is 333 g/mol. The topological polar surface area (TPSA) is 21.3 Å². The zero-order valence-electron chi connectivity index (χ0n) is 12.2. The quantitative estimate of drug-likeness (QED) is 0.827. The van der Waals surface area contributed by atoms with Crippen LogP contribution in [0.3, 0.4) is 0 Å². The van der Waals surface area contributed by atoms with Gasteiger partial charge >= 0.3 is 0 Å². The maximum atomic E-state index is 14.0. The highest BCUT2D eigenvalue weighted by atomic mass is 79.9. The first-order valence-corrected chi connectivity index (χ1v) is 7.75. The second-order valence-corrected chi connectivity index (χ2v) is 5.71. The number of ether oxygens (including phenoxy) is 1. The predicted molar refractivity (Wildman–Crippen MR) is 87.2 cm³/mol. The molecule has 0 saturated carbocycles. The molecule has 2 rings (SSSR count). The van der Waals surface area contributed by atoms with E-state index in [1.54, 1.807) is 13.2 Å². The van der Waals surface area contributed by atoms with E-state index in [4.69, 9.17) is 4.74 Å². The van der Waals surface area contributed by atoms with E-state index in [-0.39, 0.29) is 11.9 Å². The predicted octanol–water partition coefficient (Wildman–Crippen LogP) is 4.49. The third kappa shape index (κ3) is 4.05. The van der Waals surface area contributed by atoms with Crippen LogP contribution in [0.25, 0.3) is 0 Å². The number of halogens is 2. The van der Waals surface area contributed by atoms with Crippen LogP contribution in [0, 0.1) is 5.82 Å². The fourth-order valence-corrected chi connectivity index (χ4v) is 2.82. The number of methoxy groups -OCH3 is 1. The van der Waals surface area contributed by atoms with Crippen molar-refractivity contribution in [1.29, 1.82) is 0 Å². The van der Waals surface area contributed by atoms with Gasteiger partial charge in [0.1, 0.15) is 11.6 Å². The molecule has 1 unspecified atom stereocenters. The molecule has 0 aliphatic heterocycles. The van der Waals surface area contributed by atoms with Crippen molar-refractivity contribution < 1.29 is 9.13 Å². The lowest BCUT2D eigenvalue weighted by Gasteiger charge is -2.21. The fraction of sp³-hybridized carbons (Fsp3) is 0.294. The zero-order valence-corrected chi connectivity index (χ0v) is 13.8. The molecule has 1 N–H and O–H groups in total. The molecule has 0 heterocycles. The monoisotopic (exact) mass is 351 g/mol. The van der Waals surface area contributed by atoms with Gasteiger partial charge in [0.25, 0.3) is 0 Å². The number of hydrogen-bond donors (Lipinski definition) is 1. The van der Waals surface area contributed by atoms with E-state index in [9.17, 15) is 4.39 Å². The first kappa shape index (κ1) is 16.0. The smallest absolute Gasteiger partial charge is 0.126 e. The van der Waals surface area contributed by atoms with Crippen LogP contribution in [0.5, 0.6) is 5.75 Å². The molecule has 0 aliphatic rings. The fourth-order valence-electron chi connectivity index (χ4n) is 2.41. The second kappa shape index (κ2) is 7.57. The Morgan fingerprint density at radius 3 is 2.71 bits per heavy atom. The third-order valence-corrected chi connectivity index (χ3v) is 3.89. The Bertz CT molecular complexity index is 603. The SMILES string of the molecule is CCNC(Cc1cc(Br)ccc1F)c1ccccc1OC. The van der Waals surface area contributed by atoms with E-state index in [1.165, 1.54) is 6.07 Å². The zero-order chi connectivity index (χ0) is 15.2. The van der Waals surface area contributed by atoms with Gasteiger partial charge in [-0.25, -0.2) is 4.39 Å². The van der Waals surface area contributed by atoms with E-state index in [1.807, 2.05) is 37.3 Å². The van der Waals surface area contributed by atoms with Gasteiger partial charge < -0.3 is 10.1 Å². The van der Waals surface area contributed by atoms with Crippen molar-refractivity contribution in [2.45, 2.75) is 19.4 Å². The number of benzene rings is 2. The number of likely N-dealkylation sites (N-methyl/N-ethyl adjacent to an activating group) is 1. The molecule has 0 radical (unpaired) electrons. The van der Waals surface area contributed by atoms with Gasteiger partial charge in [-0.15, -0.1) is 0 Å². The summed E-state index contributed by atoms with van der Waals surface area (Å²) in [7, 11) is 1.65. The molecule has 0 amide bonds. The molecule has 0 saturated heterocycles. The molecule has 0 bridgehead atoms. The van der Waals surface area contributed by atoms with Crippen molar-refractivity contribution in [2.75, 3.05) is 13.7 Å². The summed E-state index contributed by atoms with van der Waals surface area (Å²) in [6.45, 7) is 2.85. The lowest BCUT2D eigenvalue weighted by Crippen LogP contribution is -2.23. The van der Waals surface area contributed by atoms with Crippen molar-refractivity contribution in [3.05, 3.63) is 63.9 Å². The number of hydrogen-bond acceptors (Lipinski definition) is 2. The van der Waals surface area contributed by atoms with Crippen LogP contribution < -0.4 is 10.1 Å². The van der Waals surface area contributed by atoms with Crippen molar-refractivity contribution in [1.82, 2.24) is 5.32 Å². The minimum Gasteiger partial charge on any atom is -0.496 e. The Morgan fingerprint density at radius 1 is 1.24 bits per heavy atom. The van der Waals surface area contributed by atoms with Gasteiger partial charge in [0.2, 0.25) is 0 Å². The molecule has 0 aliphatic carbocycles. The van der Waals surface area contributed by atoms with Crippen LogP contribution in [0.4, 0.5) is 4.39 Å². The molecule has 0 aromatic heterocycles. The maximum Gasteiger partial charge on any atom is 0.126 e. The molecule has 1 atom stereocenters. The Balaban J connectivity index is 2.33. The normalized spacial score (nSPS) is 12.2. The highest BCUT2D eigenvalue weighted by molar-refractivity contribution is 9.10. The molecule has 0 spiro atoms. The Hall–Kier alpha value is -1.39. The van der Waals surface area contributed by atoms with Crippen molar-refractivity contribution in [3.63, 3.8) is 0 Å². The van der Waals surface area contributed by atoms with Crippen molar-refractivity contribution in [3.8, 4) is 5.75 Å². The van der Waals surface area contributed by atoms with Gasteiger partial charge in [0.05, 0.1) is 7.11 Å². The summed E-state index contributed by atoms with van der Waals surface area (Å²) in [6.07, 6.45) is 0.569. The number of nitrogens with one attached hydrogen (secondary N) is 1.